The Bertz CT molecular complexity index is 465. The van der Waals surface area contributed by atoms with Crippen LogP contribution in [-0.2, 0) is 6.42 Å². The number of halogens is 1. The van der Waals surface area contributed by atoms with Crippen molar-refractivity contribution in [2.45, 2.75) is 12.8 Å². The SMILES string of the molecule is [I-].[NH3+]C1=[N+]C2=C(CCc3ccccc32)S1. The number of amidine groups is 1. The summed E-state index contributed by atoms with van der Waals surface area (Å²) in [7, 11) is 0. The van der Waals surface area contributed by atoms with Gasteiger partial charge < -0.3 is 24.0 Å². The van der Waals surface area contributed by atoms with Gasteiger partial charge in [-0.3, -0.25) is 5.73 Å². The summed E-state index contributed by atoms with van der Waals surface area (Å²) in [4.78, 5) is 5.90. The summed E-state index contributed by atoms with van der Waals surface area (Å²) in [6.45, 7) is 0. The van der Waals surface area contributed by atoms with Crippen molar-refractivity contribution in [2.24, 2.45) is 0 Å². The van der Waals surface area contributed by atoms with Gasteiger partial charge in [-0.05, 0) is 24.5 Å². The number of hydrogen-bond acceptors (Lipinski definition) is 2. The summed E-state index contributed by atoms with van der Waals surface area (Å²) < 4.78 is 0. The second-order valence-electron chi connectivity index (χ2n) is 3.54. The van der Waals surface area contributed by atoms with Crippen LogP contribution < -0.4 is 34.7 Å². The van der Waals surface area contributed by atoms with E-state index < -0.39 is 0 Å². The number of allylic oxidation sites excluding steroid dienone is 1. The van der Waals surface area contributed by atoms with Gasteiger partial charge in [-0.25, -0.2) is 0 Å². The Kier molecular flexibility index (Phi) is 3.18. The Morgan fingerprint density at radius 3 is 2.87 bits per heavy atom. The van der Waals surface area contributed by atoms with Crippen molar-refractivity contribution in [3.8, 4) is 0 Å². The molecule has 1 aromatic rings. The second kappa shape index (κ2) is 4.27. The van der Waals surface area contributed by atoms with Crippen LogP contribution in [0.4, 0.5) is 0 Å². The molecular formula is C11H11IN2S+. The Morgan fingerprint density at radius 2 is 2.00 bits per heavy atom. The number of aliphatic imine (C=N–C) groups is 1. The first kappa shape index (κ1) is 11.2. The van der Waals surface area contributed by atoms with Gasteiger partial charge in [0, 0.05) is 0 Å². The molecule has 4 heteroatoms. The summed E-state index contributed by atoms with van der Waals surface area (Å²) in [5, 5.41) is 0.937. The molecule has 1 aliphatic heterocycles. The number of rotatable bonds is 0. The molecule has 0 unspecified atom stereocenters. The molecule has 3 rings (SSSR count). The maximum atomic E-state index is 4.50. The Morgan fingerprint density at radius 1 is 1.20 bits per heavy atom. The Labute approximate surface area is 110 Å². The predicted octanol–water partition coefficient (Wildman–Crippen LogP) is -2.01. The van der Waals surface area contributed by atoms with Crippen molar-refractivity contribution < 1.29 is 29.7 Å². The van der Waals surface area contributed by atoms with Crippen LogP contribution in [0.15, 0.2) is 29.2 Å². The highest BCUT2D eigenvalue weighted by atomic mass is 127. The van der Waals surface area contributed by atoms with E-state index >= 15 is 0 Å². The first-order valence-electron chi connectivity index (χ1n) is 4.74. The molecule has 1 radical (unpaired) electrons. The zero-order chi connectivity index (χ0) is 9.54. The van der Waals surface area contributed by atoms with Crippen molar-refractivity contribution in [1.82, 2.24) is 4.99 Å². The molecule has 77 valence electrons. The summed E-state index contributed by atoms with van der Waals surface area (Å²) in [6.07, 6.45) is 2.27. The minimum atomic E-state index is 0. The molecule has 2 aliphatic rings. The van der Waals surface area contributed by atoms with Crippen LogP contribution >= 0.6 is 11.8 Å². The third-order valence-corrected chi connectivity index (χ3v) is 3.61. The van der Waals surface area contributed by atoms with Crippen molar-refractivity contribution >= 4 is 22.6 Å². The normalized spacial score (nSPS) is 17.8. The van der Waals surface area contributed by atoms with Crippen LogP contribution in [0.3, 0.4) is 0 Å². The smallest absolute Gasteiger partial charge is 0.471 e. The number of aryl methyl sites for hydroxylation is 1. The molecule has 0 amide bonds. The molecule has 0 atom stereocenters. The van der Waals surface area contributed by atoms with Crippen LogP contribution in [0.1, 0.15) is 17.5 Å². The van der Waals surface area contributed by atoms with Crippen LogP contribution in [0.25, 0.3) is 5.70 Å². The fourth-order valence-electron chi connectivity index (χ4n) is 2.00. The van der Waals surface area contributed by atoms with E-state index in [0.29, 0.717) is 0 Å². The molecule has 1 heterocycles. The fraction of sp³-hybridized carbons (Fsp3) is 0.182. The van der Waals surface area contributed by atoms with Gasteiger partial charge in [0.25, 0.3) is 0 Å². The van der Waals surface area contributed by atoms with Gasteiger partial charge in [-0.2, -0.15) is 0 Å². The third-order valence-electron chi connectivity index (χ3n) is 2.64. The lowest BCUT2D eigenvalue weighted by atomic mass is 9.95. The molecule has 0 spiro atoms. The first-order valence-corrected chi connectivity index (χ1v) is 5.56. The molecular weight excluding hydrogens is 319 g/mol. The zero-order valence-corrected chi connectivity index (χ0v) is 11.1. The number of hydrogen-bond donors (Lipinski definition) is 1. The van der Waals surface area contributed by atoms with E-state index in [4.69, 9.17) is 0 Å². The monoisotopic (exact) mass is 330 g/mol. The molecule has 1 aromatic carbocycles. The van der Waals surface area contributed by atoms with Crippen LogP contribution in [0.2, 0.25) is 0 Å². The van der Waals surface area contributed by atoms with Crippen LogP contribution in [0.5, 0.6) is 0 Å². The third kappa shape index (κ3) is 1.86. The summed E-state index contributed by atoms with van der Waals surface area (Å²) >= 11 is 1.73. The standard InChI is InChI=1S/C11H10N2S.HI/c12-11-13-10-8-4-2-1-3-7(8)5-6-9(10)14-11;/h1-4H,5-6,12H2;1H/q+1;. The van der Waals surface area contributed by atoms with E-state index in [9.17, 15) is 0 Å². The quantitative estimate of drug-likeness (QED) is 0.549. The van der Waals surface area contributed by atoms with Crippen LogP contribution in [-0.4, -0.2) is 5.17 Å². The predicted molar refractivity (Wildman–Crippen MR) is 59.3 cm³/mol. The summed E-state index contributed by atoms with van der Waals surface area (Å²) in [6, 6.07) is 8.53. The highest BCUT2D eigenvalue weighted by Crippen LogP contribution is 2.38. The summed E-state index contributed by atoms with van der Waals surface area (Å²) in [5.41, 5.74) is 7.80. The fourth-order valence-corrected chi connectivity index (χ4v) is 2.88. The molecule has 0 fully saturated rings. The molecule has 0 saturated heterocycles. The average Bonchev–Trinajstić information content (AvgIpc) is 2.59. The molecule has 0 aromatic heterocycles. The average molecular weight is 330 g/mol. The van der Waals surface area contributed by atoms with Gasteiger partial charge in [0.1, 0.15) is 4.99 Å². The minimum absolute atomic E-state index is 0. The van der Waals surface area contributed by atoms with Crippen molar-refractivity contribution in [2.75, 3.05) is 0 Å². The molecule has 0 saturated carbocycles. The molecule has 1 aliphatic carbocycles. The van der Waals surface area contributed by atoms with E-state index in [1.165, 1.54) is 21.7 Å². The highest BCUT2D eigenvalue weighted by molar-refractivity contribution is 8.17. The van der Waals surface area contributed by atoms with Gasteiger partial charge in [-0.1, -0.05) is 18.2 Å². The van der Waals surface area contributed by atoms with Crippen LogP contribution in [0, 0.1) is 0 Å². The van der Waals surface area contributed by atoms with E-state index in [1.54, 1.807) is 11.8 Å². The number of nitrogens with zero attached hydrogens (tertiary/aromatic N) is 1. The summed E-state index contributed by atoms with van der Waals surface area (Å²) in [5.74, 6) is 0. The van der Waals surface area contributed by atoms with Crippen molar-refractivity contribution in [3.63, 3.8) is 0 Å². The second-order valence-corrected chi connectivity index (χ2v) is 4.70. The first-order chi connectivity index (χ1) is 6.84. The zero-order valence-electron chi connectivity index (χ0n) is 8.16. The number of thioether (sulfide) groups is 1. The van der Waals surface area contributed by atoms with E-state index in [2.05, 4.69) is 35.0 Å². The van der Waals surface area contributed by atoms with Crippen molar-refractivity contribution in [3.05, 3.63) is 40.3 Å². The van der Waals surface area contributed by atoms with Gasteiger partial charge in [-0.15, -0.1) is 0 Å². The molecule has 3 N–H and O–H groups in total. The number of quaternary nitrogens is 1. The van der Waals surface area contributed by atoms with Gasteiger partial charge in [0.2, 0.25) is 0 Å². The molecule has 0 bridgehead atoms. The van der Waals surface area contributed by atoms with Gasteiger partial charge in [0.15, 0.2) is 0 Å². The van der Waals surface area contributed by atoms with Gasteiger partial charge in [0.05, 0.1) is 22.2 Å². The Hall–Kier alpha value is -0.330. The lowest BCUT2D eigenvalue weighted by Gasteiger charge is -2.09. The number of benzene rings is 1. The minimum Gasteiger partial charge on any atom is -1.00 e. The van der Waals surface area contributed by atoms with E-state index in [0.717, 1.165) is 18.0 Å². The topological polar surface area (TPSA) is 41.7 Å². The lowest BCUT2D eigenvalue weighted by Crippen LogP contribution is -3.00. The molecule has 15 heavy (non-hydrogen) atoms. The molecule has 2 nitrogen and oxygen atoms in total. The van der Waals surface area contributed by atoms with E-state index in [-0.39, 0.29) is 24.0 Å². The highest BCUT2D eigenvalue weighted by Gasteiger charge is 2.37. The van der Waals surface area contributed by atoms with Gasteiger partial charge >= 0.3 is 10.9 Å². The maximum Gasteiger partial charge on any atom is 0.471 e. The van der Waals surface area contributed by atoms with E-state index in [1.807, 2.05) is 0 Å². The largest absolute Gasteiger partial charge is 1.00 e. The Balaban J connectivity index is 0.000000853. The number of fused-ring (bicyclic) bond motifs is 2. The van der Waals surface area contributed by atoms with Crippen molar-refractivity contribution in [1.29, 1.82) is 0 Å². The lowest BCUT2D eigenvalue weighted by molar-refractivity contribution is -0.206. The maximum absolute atomic E-state index is 4.50.